The van der Waals surface area contributed by atoms with Crippen molar-refractivity contribution in [2.24, 2.45) is 0 Å². The van der Waals surface area contributed by atoms with Gasteiger partial charge in [-0.25, -0.2) is 4.68 Å². The van der Waals surface area contributed by atoms with Gasteiger partial charge in [0.1, 0.15) is 11.4 Å². The van der Waals surface area contributed by atoms with E-state index in [1.165, 1.54) is 35.2 Å². The highest BCUT2D eigenvalue weighted by Gasteiger charge is 2.30. The smallest absolute Gasteiger partial charge is 0.416 e. The topological polar surface area (TPSA) is 56.2 Å². The van der Waals surface area contributed by atoms with Gasteiger partial charge >= 0.3 is 6.18 Å². The number of alkyl halides is 3. The van der Waals surface area contributed by atoms with E-state index in [0.29, 0.717) is 6.54 Å². The van der Waals surface area contributed by atoms with Crippen LogP contribution in [0.5, 0.6) is 5.75 Å². The molecule has 0 atom stereocenters. The number of nitrogens with one attached hydrogen (secondary N) is 1. The van der Waals surface area contributed by atoms with Crippen molar-refractivity contribution in [3.05, 3.63) is 60.4 Å². The van der Waals surface area contributed by atoms with Crippen molar-refractivity contribution in [1.82, 2.24) is 15.1 Å². The lowest BCUT2D eigenvalue weighted by molar-refractivity contribution is -0.137. The lowest BCUT2D eigenvalue weighted by Crippen LogP contribution is -2.24. The van der Waals surface area contributed by atoms with E-state index in [9.17, 15) is 18.0 Å². The summed E-state index contributed by atoms with van der Waals surface area (Å²) in [4.78, 5) is 11.6. The van der Waals surface area contributed by atoms with Crippen molar-refractivity contribution >= 4 is 5.91 Å². The Morgan fingerprint density at radius 1 is 1.39 bits per heavy atom. The van der Waals surface area contributed by atoms with Gasteiger partial charge in [0.25, 0.3) is 5.91 Å². The van der Waals surface area contributed by atoms with Crippen molar-refractivity contribution in [1.29, 1.82) is 0 Å². The highest BCUT2D eigenvalue weighted by atomic mass is 19.4. The monoisotopic (exact) mass is 325 g/mol. The van der Waals surface area contributed by atoms with Gasteiger partial charge in [-0.05, 0) is 24.3 Å². The summed E-state index contributed by atoms with van der Waals surface area (Å²) in [7, 11) is 0. The third kappa shape index (κ3) is 4.60. The lowest BCUT2D eigenvalue weighted by Gasteiger charge is -2.10. The number of carbonyl (C=O) groups excluding carboxylic acids is 1. The number of aromatic nitrogens is 2. The third-order valence-electron chi connectivity index (χ3n) is 2.81. The number of hydrogen-bond donors (Lipinski definition) is 1. The van der Waals surface area contributed by atoms with E-state index in [1.54, 1.807) is 0 Å². The average molecular weight is 325 g/mol. The standard InChI is InChI=1S/C15H14F3N3O2/c1-2-7-19-14(22)13-6-8-21(20-13)10-23-12-5-3-4-11(9-12)15(16,17)18/h2-6,8-9H,1,7,10H2,(H,19,22). The van der Waals surface area contributed by atoms with Crippen LogP contribution in [0.1, 0.15) is 16.1 Å². The number of benzene rings is 1. The fourth-order valence-electron chi connectivity index (χ4n) is 1.71. The number of halogens is 3. The summed E-state index contributed by atoms with van der Waals surface area (Å²) in [5.41, 5.74) is -0.612. The first kappa shape index (κ1) is 16.6. The molecule has 122 valence electrons. The van der Waals surface area contributed by atoms with Crippen LogP contribution in [0.3, 0.4) is 0 Å². The van der Waals surface area contributed by atoms with Crippen LogP contribution in [0.25, 0.3) is 0 Å². The molecule has 8 heteroatoms. The second kappa shape index (κ2) is 6.99. The van der Waals surface area contributed by atoms with Crippen LogP contribution in [0.15, 0.2) is 49.2 Å². The van der Waals surface area contributed by atoms with Crippen LogP contribution >= 0.6 is 0 Å². The minimum atomic E-state index is -4.43. The maximum atomic E-state index is 12.6. The highest BCUT2D eigenvalue weighted by Crippen LogP contribution is 2.31. The van der Waals surface area contributed by atoms with E-state index in [2.05, 4.69) is 17.0 Å². The molecule has 0 spiro atoms. The summed E-state index contributed by atoms with van der Waals surface area (Å²) in [6.45, 7) is 3.68. The fourth-order valence-corrected chi connectivity index (χ4v) is 1.71. The number of amides is 1. The SMILES string of the molecule is C=CCNC(=O)c1ccn(COc2cccc(C(F)(F)F)c2)n1. The number of ether oxygens (including phenoxy) is 1. The molecule has 0 aliphatic heterocycles. The second-order valence-electron chi connectivity index (χ2n) is 4.54. The minimum Gasteiger partial charge on any atom is -0.471 e. The molecule has 0 saturated carbocycles. The number of carbonyl (C=O) groups is 1. The molecule has 1 heterocycles. The van der Waals surface area contributed by atoms with Crippen molar-refractivity contribution in [2.75, 3.05) is 6.54 Å². The molecule has 1 aromatic heterocycles. The van der Waals surface area contributed by atoms with Gasteiger partial charge in [-0.1, -0.05) is 12.1 Å². The largest absolute Gasteiger partial charge is 0.471 e. The van der Waals surface area contributed by atoms with E-state index in [1.807, 2.05) is 0 Å². The first-order chi connectivity index (χ1) is 10.9. The number of rotatable bonds is 6. The van der Waals surface area contributed by atoms with Gasteiger partial charge < -0.3 is 10.1 Å². The van der Waals surface area contributed by atoms with Crippen molar-refractivity contribution in [3.63, 3.8) is 0 Å². The van der Waals surface area contributed by atoms with E-state index in [0.717, 1.165) is 12.1 Å². The molecular weight excluding hydrogens is 311 g/mol. The van der Waals surface area contributed by atoms with Crippen LogP contribution in [0.2, 0.25) is 0 Å². The van der Waals surface area contributed by atoms with E-state index < -0.39 is 11.7 Å². The zero-order chi connectivity index (χ0) is 16.9. The predicted octanol–water partition coefficient (Wildman–Crippen LogP) is 2.85. The lowest BCUT2D eigenvalue weighted by atomic mass is 10.2. The van der Waals surface area contributed by atoms with E-state index in [-0.39, 0.29) is 24.1 Å². The molecule has 0 saturated heterocycles. The van der Waals surface area contributed by atoms with Crippen molar-refractivity contribution in [3.8, 4) is 5.75 Å². The molecule has 2 aromatic rings. The van der Waals surface area contributed by atoms with E-state index >= 15 is 0 Å². The molecule has 0 unspecified atom stereocenters. The summed E-state index contributed by atoms with van der Waals surface area (Å²) >= 11 is 0. The first-order valence-electron chi connectivity index (χ1n) is 6.63. The summed E-state index contributed by atoms with van der Waals surface area (Å²) in [6, 6.07) is 6.02. The number of hydrogen-bond acceptors (Lipinski definition) is 3. The van der Waals surface area contributed by atoms with Gasteiger partial charge in [0.15, 0.2) is 6.73 Å². The van der Waals surface area contributed by atoms with Gasteiger partial charge in [0.05, 0.1) is 5.56 Å². The van der Waals surface area contributed by atoms with Crippen LogP contribution in [0.4, 0.5) is 13.2 Å². The van der Waals surface area contributed by atoms with E-state index in [4.69, 9.17) is 4.74 Å². The Bertz CT molecular complexity index is 695. The highest BCUT2D eigenvalue weighted by molar-refractivity contribution is 5.92. The predicted molar refractivity (Wildman–Crippen MR) is 76.8 cm³/mol. The summed E-state index contributed by atoms with van der Waals surface area (Å²) < 4.78 is 44.4. The van der Waals surface area contributed by atoms with Gasteiger partial charge in [-0.3, -0.25) is 4.79 Å². The molecule has 0 aliphatic carbocycles. The van der Waals surface area contributed by atoms with Gasteiger partial charge in [-0.2, -0.15) is 18.3 Å². The molecule has 0 radical (unpaired) electrons. The molecule has 0 fully saturated rings. The maximum absolute atomic E-state index is 12.6. The molecule has 5 nitrogen and oxygen atoms in total. The molecule has 0 aliphatic rings. The van der Waals surface area contributed by atoms with Gasteiger partial charge in [-0.15, -0.1) is 6.58 Å². The zero-order valence-corrected chi connectivity index (χ0v) is 12.0. The Morgan fingerprint density at radius 2 is 2.17 bits per heavy atom. The maximum Gasteiger partial charge on any atom is 0.416 e. The zero-order valence-electron chi connectivity index (χ0n) is 12.0. The van der Waals surface area contributed by atoms with Crippen molar-refractivity contribution in [2.45, 2.75) is 12.9 Å². The van der Waals surface area contributed by atoms with Crippen LogP contribution < -0.4 is 10.1 Å². The third-order valence-corrected chi connectivity index (χ3v) is 2.81. The van der Waals surface area contributed by atoms with Gasteiger partial charge in [0.2, 0.25) is 0 Å². The van der Waals surface area contributed by atoms with Crippen molar-refractivity contribution < 1.29 is 22.7 Å². The fraction of sp³-hybridized carbons (Fsp3) is 0.200. The van der Waals surface area contributed by atoms with Crippen LogP contribution in [-0.4, -0.2) is 22.2 Å². The molecule has 1 amide bonds. The minimum absolute atomic E-state index is 0.0629. The first-order valence-corrected chi connectivity index (χ1v) is 6.63. The Kier molecular flexibility index (Phi) is 5.05. The van der Waals surface area contributed by atoms with Crippen LogP contribution in [0, 0.1) is 0 Å². The second-order valence-corrected chi connectivity index (χ2v) is 4.54. The Labute approximate surface area is 130 Å². The molecule has 1 N–H and O–H groups in total. The number of nitrogens with zero attached hydrogens (tertiary/aromatic N) is 2. The summed E-state index contributed by atoms with van der Waals surface area (Å²) in [6.07, 6.45) is -1.40. The molecule has 2 rings (SSSR count). The average Bonchev–Trinajstić information content (AvgIpc) is 2.99. The van der Waals surface area contributed by atoms with Gasteiger partial charge in [0, 0.05) is 12.7 Å². The molecule has 0 bridgehead atoms. The Hall–Kier alpha value is -2.77. The quantitative estimate of drug-likeness (QED) is 0.831. The Morgan fingerprint density at radius 3 is 2.87 bits per heavy atom. The summed E-state index contributed by atoms with van der Waals surface area (Å²) in [5, 5.41) is 6.53. The molecule has 1 aromatic carbocycles. The summed E-state index contributed by atoms with van der Waals surface area (Å²) in [5.74, 6) is -0.310. The Balaban J connectivity index is 1.98. The normalized spacial score (nSPS) is 11.1. The molecule has 23 heavy (non-hydrogen) atoms. The molecular formula is C15H14F3N3O2. The van der Waals surface area contributed by atoms with Crippen LogP contribution in [-0.2, 0) is 12.9 Å².